The maximum Gasteiger partial charge on any atom is 0.356 e. The summed E-state index contributed by atoms with van der Waals surface area (Å²) in [6.45, 7) is 3.81. The highest BCUT2D eigenvalue weighted by Crippen LogP contribution is 2.15. The number of carboxylic acid groups (broad SMARTS) is 1. The van der Waals surface area contributed by atoms with Crippen LogP contribution in [0.25, 0.3) is 0 Å². The van der Waals surface area contributed by atoms with Crippen LogP contribution >= 0.6 is 0 Å². The highest BCUT2D eigenvalue weighted by Gasteiger charge is 2.17. The van der Waals surface area contributed by atoms with Crippen LogP contribution in [0.5, 0.6) is 0 Å². The predicted molar refractivity (Wildman–Crippen MR) is 60.1 cm³/mol. The summed E-state index contributed by atoms with van der Waals surface area (Å²) >= 11 is 0. The van der Waals surface area contributed by atoms with Crippen LogP contribution in [0, 0.1) is 12.3 Å². The molecule has 5 heteroatoms. The lowest BCUT2D eigenvalue weighted by Crippen LogP contribution is -2.30. The summed E-state index contributed by atoms with van der Waals surface area (Å²) < 4.78 is 0. The van der Waals surface area contributed by atoms with E-state index >= 15 is 0 Å². The number of aromatic nitrogens is 2. The Bertz CT molecular complexity index is 435. The van der Waals surface area contributed by atoms with E-state index in [0.717, 1.165) is 0 Å². The summed E-state index contributed by atoms with van der Waals surface area (Å²) in [4.78, 5) is 18.4. The van der Waals surface area contributed by atoms with Gasteiger partial charge in [0, 0.05) is 12.0 Å². The van der Waals surface area contributed by atoms with Crippen LogP contribution in [0.15, 0.2) is 12.4 Å². The second kappa shape index (κ2) is 4.62. The molecule has 16 heavy (non-hydrogen) atoms. The molecule has 1 rings (SSSR count). The van der Waals surface area contributed by atoms with Crippen LogP contribution in [-0.4, -0.2) is 26.6 Å². The fourth-order valence-electron chi connectivity index (χ4n) is 1.18. The van der Waals surface area contributed by atoms with Gasteiger partial charge in [0.2, 0.25) is 0 Å². The summed E-state index contributed by atoms with van der Waals surface area (Å²) in [5, 5.41) is 11.8. The van der Waals surface area contributed by atoms with Gasteiger partial charge in [0.15, 0.2) is 5.69 Å². The molecule has 1 aromatic heterocycles. The van der Waals surface area contributed by atoms with Gasteiger partial charge in [-0.25, -0.2) is 9.78 Å². The molecule has 0 fully saturated rings. The van der Waals surface area contributed by atoms with Gasteiger partial charge >= 0.3 is 5.97 Å². The molecule has 0 atom stereocenters. The Labute approximate surface area is 93.9 Å². The molecule has 84 valence electrons. The van der Waals surface area contributed by atoms with Gasteiger partial charge in [-0.15, -0.1) is 12.3 Å². The van der Waals surface area contributed by atoms with Crippen molar-refractivity contribution >= 4 is 11.8 Å². The third-order valence-corrected chi connectivity index (χ3v) is 1.86. The molecule has 2 N–H and O–H groups in total. The number of nitrogens with one attached hydrogen (secondary N) is 1. The molecule has 0 saturated heterocycles. The molecular weight excluding hydrogens is 206 g/mol. The first-order chi connectivity index (χ1) is 7.44. The highest BCUT2D eigenvalue weighted by atomic mass is 16.4. The third kappa shape index (κ3) is 3.24. The number of anilines is 1. The van der Waals surface area contributed by atoms with Crippen molar-refractivity contribution in [3.8, 4) is 12.3 Å². The van der Waals surface area contributed by atoms with Crippen LogP contribution in [0.3, 0.4) is 0 Å². The number of carbonyl (C=O) groups is 1. The molecule has 1 aromatic rings. The van der Waals surface area contributed by atoms with Gasteiger partial charge in [0.1, 0.15) is 5.82 Å². The van der Waals surface area contributed by atoms with Gasteiger partial charge in [0.05, 0.1) is 12.4 Å². The number of terminal acetylenes is 1. The summed E-state index contributed by atoms with van der Waals surface area (Å²) in [6.07, 6.45) is 8.39. The van der Waals surface area contributed by atoms with E-state index in [1.54, 1.807) is 0 Å². The van der Waals surface area contributed by atoms with E-state index in [4.69, 9.17) is 11.5 Å². The maximum absolute atomic E-state index is 10.7. The van der Waals surface area contributed by atoms with E-state index in [2.05, 4.69) is 21.2 Å². The molecule has 0 unspecified atom stereocenters. The Morgan fingerprint density at radius 3 is 2.88 bits per heavy atom. The van der Waals surface area contributed by atoms with Crippen molar-refractivity contribution in [2.45, 2.75) is 25.8 Å². The fourth-order valence-corrected chi connectivity index (χ4v) is 1.18. The van der Waals surface area contributed by atoms with Gasteiger partial charge in [-0.3, -0.25) is 4.98 Å². The second-order valence-corrected chi connectivity index (χ2v) is 3.98. The van der Waals surface area contributed by atoms with Gasteiger partial charge in [0.25, 0.3) is 0 Å². The van der Waals surface area contributed by atoms with Crippen LogP contribution in [0.2, 0.25) is 0 Å². The number of hydrogen-bond donors (Lipinski definition) is 2. The zero-order valence-electron chi connectivity index (χ0n) is 9.19. The average molecular weight is 219 g/mol. The zero-order valence-corrected chi connectivity index (χ0v) is 9.19. The van der Waals surface area contributed by atoms with Crippen LogP contribution in [0.4, 0.5) is 5.82 Å². The molecular formula is C11H13N3O2. The van der Waals surface area contributed by atoms with Gasteiger partial charge in [-0.2, -0.15) is 0 Å². The van der Waals surface area contributed by atoms with Crippen molar-refractivity contribution in [3.63, 3.8) is 0 Å². The van der Waals surface area contributed by atoms with Gasteiger partial charge in [-0.1, -0.05) is 0 Å². The summed E-state index contributed by atoms with van der Waals surface area (Å²) in [5.74, 6) is 1.84. The summed E-state index contributed by atoms with van der Waals surface area (Å²) in [6, 6.07) is 0. The van der Waals surface area contributed by atoms with E-state index in [9.17, 15) is 4.79 Å². The average Bonchev–Trinajstić information content (AvgIpc) is 2.17. The Kier molecular flexibility index (Phi) is 3.46. The molecule has 0 radical (unpaired) electrons. The van der Waals surface area contributed by atoms with E-state index in [1.807, 2.05) is 13.8 Å². The lowest BCUT2D eigenvalue weighted by Gasteiger charge is -2.24. The first kappa shape index (κ1) is 12.0. The van der Waals surface area contributed by atoms with Crippen LogP contribution in [0.1, 0.15) is 30.8 Å². The minimum absolute atomic E-state index is 0.0958. The Hall–Kier alpha value is -2.09. The molecule has 0 aliphatic heterocycles. The van der Waals surface area contributed by atoms with E-state index in [-0.39, 0.29) is 11.2 Å². The second-order valence-electron chi connectivity index (χ2n) is 3.98. The quantitative estimate of drug-likeness (QED) is 0.748. The predicted octanol–water partition coefficient (Wildman–Crippen LogP) is 1.39. The minimum Gasteiger partial charge on any atom is -0.476 e. The standard InChI is InChI=1S/C11H13N3O2/c1-4-5-11(2,3)14-9-7-12-6-8(13-9)10(15)16/h1,6-7H,5H2,2-3H3,(H,13,14)(H,15,16). The van der Waals surface area contributed by atoms with Gasteiger partial charge < -0.3 is 10.4 Å². The fraction of sp³-hybridized carbons (Fsp3) is 0.364. The first-order valence-corrected chi connectivity index (χ1v) is 4.71. The zero-order chi connectivity index (χ0) is 12.2. The minimum atomic E-state index is -1.11. The largest absolute Gasteiger partial charge is 0.476 e. The lowest BCUT2D eigenvalue weighted by molar-refractivity contribution is 0.0690. The van der Waals surface area contributed by atoms with E-state index in [0.29, 0.717) is 12.2 Å². The molecule has 0 amide bonds. The topological polar surface area (TPSA) is 75.1 Å². The van der Waals surface area contributed by atoms with Crippen molar-refractivity contribution in [2.24, 2.45) is 0 Å². The number of hydrogen-bond acceptors (Lipinski definition) is 4. The Morgan fingerprint density at radius 2 is 2.31 bits per heavy atom. The molecule has 0 aliphatic carbocycles. The Balaban J connectivity index is 2.86. The number of rotatable bonds is 4. The summed E-state index contributed by atoms with van der Waals surface area (Å²) in [7, 11) is 0. The van der Waals surface area contributed by atoms with Crippen molar-refractivity contribution < 1.29 is 9.90 Å². The lowest BCUT2D eigenvalue weighted by atomic mass is 10.0. The number of carboxylic acids is 1. The molecule has 0 aliphatic rings. The monoisotopic (exact) mass is 219 g/mol. The Morgan fingerprint density at radius 1 is 1.62 bits per heavy atom. The smallest absolute Gasteiger partial charge is 0.356 e. The number of nitrogens with zero attached hydrogens (tertiary/aromatic N) is 2. The molecule has 0 aromatic carbocycles. The van der Waals surface area contributed by atoms with Crippen LogP contribution < -0.4 is 5.32 Å². The molecule has 1 heterocycles. The highest BCUT2D eigenvalue weighted by molar-refractivity contribution is 5.85. The van der Waals surface area contributed by atoms with Crippen molar-refractivity contribution in [3.05, 3.63) is 18.1 Å². The van der Waals surface area contributed by atoms with Crippen molar-refractivity contribution in [1.29, 1.82) is 0 Å². The number of aromatic carboxylic acids is 1. The van der Waals surface area contributed by atoms with E-state index < -0.39 is 5.97 Å². The SMILES string of the molecule is C#CCC(C)(C)Nc1cncc(C(=O)O)n1. The van der Waals surface area contributed by atoms with Gasteiger partial charge in [-0.05, 0) is 13.8 Å². The van der Waals surface area contributed by atoms with Crippen molar-refractivity contribution in [1.82, 2.24) is 9.97 Å². The van der Waals surface area contributed by atoms with E-state index in [1.165, 1.54) is 12.4 Å². The summed E-state index contributed by atoms with van der Waals surface area (Å²) in [5.41, 5.74) is -0.442. The normalized spacial score (nSPS) is 10.6. The molecule has 0 saturated carbocycles. The maximum atomic E-state index is 10.7. The molecule has 0 bridgehead atoms. The van der Waals surface area contributed by atoms with Crippen molar-refractivity contribution in [2.75, 3.05) is 5.32 Å². The molecule has 5 nitrogen and oxygen atoms in total. The molecule has 0 spiro atoms. The first-order valence-electron chi connectivity index (χ1n) is 4.71. The van der Waals surface area contributed by atoms with Crippen LogP contribution in [-0.2, 0) is 0 Å². The third-order valence-electron chi connectivity index (χ3n) is 1.86.